The highest BCUT2D eigenvalue weighted by Gasteiger charge is 2.29. The number of fused-ring (bicyclic) bond motifs is 1. The largest absolute Gasteiger partial charge is 0.337 e. The van der Waals surface area contributed by atoms with Crippen LogP contribution >= 0.6 is 0 Å². The molecule has 1 aliphatic carbocycles. The normalized spacial score (nSPS) is 19.4. The minimum Gasteiger partial charge on any atom is -0.321 e. The first kappa shape index (κ1) is 35.6. The smallest absolute Gasteiger partial charge is 0.321 e. The molecule has 2 N–H and O–H groups in total. The number of nitrogens with zero attached hydrogens (tertiary/aromatic N) is 5. The summed E-state index contributed by atoms with van der Waals surface area (Å²) in [7, 11) is 2.17. The molecule has 0 unspecified atom stereocenters. The number of pyridine rings is 1. The summed E-state index contributed by atoms with van der Waals surface area (Å²) in [5.74, 6) is -0.493. The van der Waals surface area contributed by atoms with Crippen molar-refractivity contribution >= 4 is 16.8 Å². The van der Waals surface area contributed by atoms with Crippen LogP contribution in [0.5, 0.6) is 0 Å². The molecule has 7 rings (SSSR count). The fourth-order valence-electron chi connectivity index (χ4n) is 7.91. The number of likely N-dealkylation sites (N-methyl/N-ethyl adjacent to an activating group) is 1. The van der Waals surface area contributed by atoms with Crippen LogP contribution in [0.2, 0.25) is 0 Å². The number of aromatic nitrogens is 3. The van der Waals surface area contributed by atoms with Crippen molar-refractivity contribution in [1.82, 2.24) is 23.9 Å². The quantitative estimate of drug-likeness (QED) is 0.198. The Balaban J connectivity index is 1.11. The first-order valence-corrected chi connectivity index (χ1v) is 18.5. The Bertz CT molecular complexity index is 2140. The van der Waals surface area contributed by atoms with Gasteiger partial charge in [-0.25, -0.2) is 18.7 Å². The molecule has 2 fully saturated rings. The highest BCUT2D eigenvalue weighted by Crippen LogP contribution is 2.33. The van der Waals surface area contributed by atoms with Crippen LogP contribution in [0.4, 0.5) is 4.39 Å². The van der Waals surface area contributed by atoms with Crippen molar-refractivity contribution in [3.05, 3.63) is 129 Å². The standard InChI is InChI=1S/C42H47FN6O3/c1-46-19-6-20-47(22-21-46)28-31-11-15-32(16-12-31)33-9-5-10-36(25-33)48-40-37(26-34(43)27-45-40)41(51)49(42(48)52)35-17-13-30(14-18-35)24-39(50)38(44)23-29-7-3-2-4-8-29/h2-5,7-12,15-16,25-27,30,35,38H,6,13-14,17-24,28,44H2,1H3/t30?,35?,38-/m0/s1. The lowest BCUT2D eigenvalue weighted by Crippen LogP contribution is -2.43. The third kappa shape index (κ3) is 7.99. The summed E-state index contributed by atoms with van der Waals surface area (Å²) >= 11 is 0. The molecule has 0 amide bonds. The van der Waals surface area contributed by atoms with Crippen molar-refractivity contribution in [3.63, 3.8) is 0 Å². The van der Waals surface area contributed by atoms with E-state index in [-0.39, 0.29) is 28.8 Å². The van der Waals surface area contributed by atoms with E-state index in [0.717, 1.165) is 62.0 Å². The molecular weight excluding hydrogens is 655 g/mol. The lowest BCUT2D eigenvalue weighted by Gasteiger charge is -2.30. The Labute approximate surface area is 303 Å². The van der Waals surface area contributed by atoms with Crippen LogP contribution in [0.3, 0.4) is 0 Å². The van der Waals surface area contributed by atoms with Gasteiger partial charge in [0.05, 0.1) is 23.3 Å². The SMILES string of the molecule is CN1CCCN(Cc2ccc(-c3cccc(-n4c(=O)n(C5CCC(CC(=O)[C@@H](N)Cc6ccccc6)CC5)c(=O)c5cc(F)cnc54)c3)cc2)CC1. The molecule has 1 saturated carbocycles. The second-order valence-electron chi connectivity index (χ2n) is 14.6. The Morgan fingerprint density at radius 2 is 1.63 bits per heavy atom. The van der Waals surface area contributed by atoms with Crippen molar-refractivity contribution < 1.29 is 9.18 Å². The molecule has 5 aromatic rings. The van der Waals surface area contributed by atoms with Crippen LogP contribution in [0.25, 0.3) is 27.8 Å². The summed E-state index contributed by atoms with van der Waals surface area (Å²) in [4.78, 5) is 50.4. The highest BCUT2D eigenvalue weighted by atomic mass is 19.1. The maximum atomic E-state index is 14.6. The highest BCUT2D eigenvalue weighted by molar-refractivity contribution is 5.84. The molecule has 0 radical (unpaired) electrons. The van der Waals surface area contributed by atoms with E-state index >= 15 is 0 Å². The number of rotatable bonds is 10. The van der Waals surface area contributed by atoms with E-state index in [9.17, 15) is 18.8 Å². The predicted molar refractivity (Wildman–Crippen MR) is 203 cm³/mol. The monoisotopic (exact) mass is 702 g/mol. The van der Waals surface area contributed by atoms with Gasteiger partial charge in [-0.3, -0.25) is 19.1 Å². The van der Waals surface area contributed by atoms with Gasteiger partial charge in [-0.05, 0) is 105 Å². The average molecular weight is 703 g/mol. The molecule has 3 heterocycles. The van der Waals surface area contributed by atoms with Crippen molar-refractivity contribution in [2.45, 2.75) is 63.6 Å². The minimum absolute atomic E-state index is 0.0269. The van der Waals surface area contributed by atoms with Gasteiger partial charge < -0.3 is 10.6 Å². The maximum Gasteiger partial charge on any atom is 0.337 e. The number of Topliss-reactive ketones (excluding diaryl/α,β-unsaturated/α-hetero) is 1. The second-order valence-corrected chi connectivity index (χ2v) is 14.6. The first-order chi connectivity index (χ1) is 25.2. The molecule has 0 spiro atoms. The van der Waals surface area contributed by atoms with Crippen LogP contribution < -0.4 is 17.0 Å². The van der Waals surface area contributed by atoms with E-state index in [1.807, 2.05) is 54.6 Å². The molecule has 1 aliphatic heterocycles. The summed E-state index contributed by atoms with van der Waals surface area (Å²) < 4.78 is 17.3. The van der Waals surface area contributed by atoms with E-state index in [2.05, 4.69) is 46.1 Å². The van der Waals surface area contributed by atoms with Crippen LogP contribution in [-0.4, -0.2) is 69.0 Å². The summed E-state index contributed by atoms with van der Waals surface area (Å²) in [5, 5.41) is 0.0539. The van der Waals surface area contributed by atoms with Crippen LogP contribution in [0.1, 0.15) is 55.7 Å². The molecule has 1 saturated heterocycles. The Kier molecular flexibility index (Phi) is 10.9. The van der Waals surface area contributed by atoms with Gasteiger partial charge in [0, 0.05) is 32.1 Å². The third-order valence-electron chi connectivity index (χ3n) is 10.9. The van der Waals surface area contributed by atoms with E-state index in [0.29, 0.717) is 44.2 Å². The zero-order chi connectivity index (χ0) is 36.2. The fraction of sp³-hybridized carbons (Fsp3) is 0.381. The van der Waals surface area contributed by atoms with Gasteiger partial charge in [0.15, 0.2) is 5.65 Å². The van der Waals surface area contributed by atoms with Crippen molar-refractivity contribution in [2.75, 3.05) is 33.2 Å². The van der Waals surface area contributed by atoms with Crippen LogP contribution in [0, 0.1) is 11.7 Å². The summed E-state index contributed by atoms with van der Waals surface area (Å²) in [6, 6.07) is 26.1. The Hall–Kier alpha value is -4.77. The summed E-state index contributed by atoms with van der Waals surface area (Å²) in [6.45, 7) is 5.23. The van der Waals surface area contributed by atoms with Gasteiger partial charge in [0.2, 0.25) is 0 Å². The minimum atomic E-state index is -0.642. The molecule has 270 valence electrons. The number of benzene rings is 3. The van der Waals surface area contributed by atoms with Gasteiger partial charge in [0.25, 0.3) is 5.56 Å². The number of hydrogen-bond acceptors (Lipinski definition) is 7. The Morgan fingerprint density at radius 3 is 2.40 bits per heavy atom. The molecule has 10 heteroatoms. The molecule has 1 atom stereocenters. The van der Waals surface area contributed by atoms with Crippen LogP contribution in [0.15, 0.2) is 101 Å². The third-order valence-corrected chi connectivity index (χ3v) is 10.9. The molecule has 9 nitrogen and oxygen atoms in total. The maximum absolute atomic E-state index is 14.6. The zero-order valence-electron chi connectivity index (χ0n) is 29.8. The van der Waals surface area contributed by atoms with Gasteiger partial charge in [-0.1, -0.05) is 66.7 Å². The Morgan fingerprint density at radius 1 is 0.865 bits per heavy atom. The molecule has 2 aliphatic rings. The lowest BCUT2D eigenvalue weighted by molar-refractivity contribution is -0.121. The first-order valence-electron chi connectivity index (χ1n) is 18.5. The van der Waals surface area contributed by atoms with Crippen molar-refractivity contribution in [1.29, 1.82) is 0 Å². The lowest BCUT2D eigenvalue weighted by atomic mass is 9.82. The van der Waals surface area contributed by atoms with E-state index in [4.69, 9.17) is 5.73 Å². The van der Waals surface area contributed by atoms with E-state index in [1.54, 1.807) is 0 Å². The molecule has 52 heavy (non-hydrogen) atoms. The number of carbonyl (C=O) groups excluding carboxylic acids is 1. The molecule has 2 aromatic heterocycles. The second kappa shape index (κ2) is 15.9. The fourth-order valence-corrected chi connectivity index (χ4v) is 7.91. The van der Waals surface area contributed by atoms with Crippen LogP contribution in [-0.2, 0) is 17.8 Å². The summed E-state index contributed by atoms with van der Waals surface area (Å²) in [6.07, 6.45) is 5.53. The topological polar surface area (TPSA) is 106 Å². The predicted octanol–water partition coefficient (Wildman–Crippen LogP) is 5.75. The number of nitrogens with two attached hydrogens (primary N) is 1. The van der Waals surface area contributed by atoms with Gasteiger partial charge in [-0.15, -0.1) is 0 Å². The summed E-state index contributed by atoms with van der Waals surface area (Å²) in [5.41, 5.74) is 10.1. The van der Waals surface area contributed by atoms with E-state index < -0.39 is 23.1 Å². The number of carbonyl (C=O) groups is 1. The average Bonchev–Trinajstić information content (AvgIpc) is 3.36. The van der Waals surface area contributed by atoms with Gasteiger partial charge in [0.1, 0.15) is 11.6 Å². The van der Waals surface area contributed by atoms with Crippen molar-refractivity contribution in [2.24, 2.45) is 11.7 Å². The zero-order valence-corrected chi connectivity index (χ0v) is 29.8. The molecular formula is C42H47FN6O3. The van der Waals surface area contributed by atoms with Gasteiger partial charge in [-0.2, -0.15) is 0 Å². The molecule has 3 aromatic carbocycles. The number of ketones is 1. The van der Waals surface area contributed by atoms with Gasteiger partial charge >= 0.3 is 5.69 Å². The number of halogens is 1. The number of hydrogen-bond donors (Lipinski definition) is 1. The molecule has 0 bridgehead atoms. The van der Waals surface area contributed by atoms with E-state index in [1.165, 1.54) is 20.8 Å². The van der Waals surface area contributed by atoms with Crippen molar-refractivity contribution in [3.8, 4) is 16.8 Å².